The molecule has 7 nitrogen and oxygen atoms in total. The molecule has 164 valence electrons. The molecule has 0 bridgehead atoms. The number of aromatic nitrogens is 2. The van der Waals surface area contributed by atoms with Gasteiger partial charge in [-0.3, -0.25) is 4.79 Å². The smallest absolute Gasteiger partial charge is 0.251 e. The Bertz CT molecular complexity index is 976. The quantitative estimate of drug-likeness (QED) is 0.729. The predicted molar refractivity (Wildman–Crippen MR) is 117 cm³/mol. The summed E-state index contributed by atoms with van der Waals surface area (Å²) in [5.74, 6) is 1.55. The summed E-state index contributed by atoms with van der Waals surface area (Å²) >= 11 is 0. The van der Waals surface area contributed by atoms with Crippen LogP contribution in [0.4, 0.5) is 0 Å². The molecule has 0 spiro atoms. The van der Waals surface area contributed by atoms with Crippen LogP contribution in [0.25, 0.3) is 0 Å². The number of sulfonamides is 1. The molecule has 1 amide bonds. The van der Waals surface area contributed by atoms with Crippen LogP contribution in [0, 0.1) is 24.7 Å². The van der Waals surface area contributed by atoms with Crippen LogP contribution in [0.2, 0.25) is 0 Å². The first-order valence-electron chi connectivity index (χ1n) is 10.5. The van der Waals surface area contributed by atoms with Gasteiger partial charge in [0, 0.05) is 44.1 Å². The van der Waals surface area contributed by atoms with E-state index >= 15 is 0 Å². The lowest BCUT2D eigenvalue weighted by Gasteiger charge is -2.34. The van der Waals surface area contributed by atoms with Gasteiger partial charge in [0.15, 0.2) is 0 Å². The highest BCUT2D eigenvalue weighted by atomic mass is 32.2. The summed E-state index contributed by atoms with van der Waals surface area (Å²) in [5.41, 5.74) is 0.361. The van der Waals surface area contributed by atoms with Crippen LogP contribution in [-0.2, 0) is 16.6 Å². The molecule has 0 aliphatic carbocycles. The molecule has 1 aromatic carbocycles. The molecule has 1 aromatic heterocycles. The maximum atomic E-state index is 13.1. The maximum Gasteiger partial charge on any atom is 0.251 e. The number of rotatable bonds is 7. The van der Waals surface area contributed by atoms with E-state index in [1.807, 2.05) is 17.7 Å². The number of hydrogen-bond acceptors (Lipinski definition) is 4. The topological polar surface area (TPSA) is 84.3 Å². The van der Waals surface area contributed by atoms with Crippen molar-refractivity contribution in [3.63, 3.8) is 0 Å². The van der Waals surface area contributed by atoms with Gasteiger partial charge in [-0.05, 0) is 49.3 Å². The Balaban J connectivity index is 1.65. The summed E-state index contributed by atoms with van der Waals surface area (Å²) in [6.07, 6.45) is 4.71. The van der Waals surface area contributed by atoms with E-state index in [1.54, 1.807) is 28.7 Å². The number of hydrogen-bond donors (Lipinski definition) is 1. The van der Waals surface area contributed by atoms with Gasteiger partial charge in [0.1, 0.15) is 5.82 Å². The molecule has 1 saturated heterocycles. The Labute approximate surface area is 179 Å². The molecule has 3 unspecified atom stereocenters. The van der Waals surface area contributed by atoms with Gasteiger partial charge < -0.3 is 9.88 Å². The Morgan fingerprint density at radius 1 is 1.27 bits per heavy atom. The zero-order valence-electron chi connectivity index (χ0n) is 18.2. The van der Waals surface area contributed by atoms with E-state index < -0.39 is 10.0 Å². The highest BCUT2D eigenvalue weighted by Gasteiger charge is 2.32. The average Bonchev–Trinajstić information content (AvgIpc) is 3.10. The molecular formula is C22H32N4O3S. The number of nitrogens with zero attached hydrogens (tertiary/aromatic N) is 3. The van der Waals surface area contributed by atoms with E-state index in [9.17, 15) is 13.2 Å². The van der Waals surface area contributed by atoms with Crippen LogP contribution in [0.3, 0.4) is 0 Å². The molecule has 1 aliphatic rings. The summed E-state index contributed by atoms with van der Waals surface area (Å²) in [5, 5.41) is 2.92. The minimum atomic E-state index is -3.61. The Morgan fingerprint density at radius 2 is 1.97 bits per heavy atom. The molecule has 3 rings (SSSR count). The van der Waals surface area contributed by atoms with Crippen LogP contribution in [0.15, 0.2) is 41.6 Å². The summed E-state index contributed by atoms with van der Waals surface area (Å²) in [4.78, 5) is 17.0. The standard InChI is InChI=1S/C22H32N4O3S/c1-16-10-17(2)15-26(14-16)30(28,29)21-7-5-6-20(11-21)22(27)24-12-18(3)13-25-9-8-23-19(25)4/h5-9,11,16-18H,10,12-15H2,1-4H3,(H,24,27). The van der Waals surface area contributed by atoms with Crippen molar-refractivity contribution < 1.29 is 13.2 Å². The number of carbonyl (C=O) groups is 1. The summed E-state index contributed by atoms with van der Waals surface area (Å²) in [7, 11) is -3.61. The van der Waals surface area contributed by atoms with Crippen molar-refractivity contribution in [1.29, 1.82) is 0 Å². The maximum absolute atomic E-state index is 13.1. The first kappa shape index (κ1) is 22.5. The van der Waals surface area contributed by atoms with Crippen LogP contribution in [0.1, 0.15) is 43.4 Å². The molecule has 1 N–H and O–H groups in total. The number of nitrogens with one attached hydrogen (secondary N) is 1. The van der Waals surface area contributed by atoms with Crippen molar-refractivity contribution in [2.24, 2.45) is 17.8 Å². The van der Waals surface area contributed by atoms with Crippen molar-refractivity contribution in [2.75, 3.05) is 19.6 Å². The lowest BCUT2D eigenvalue weighted by atomic mass is 9.94. The predicted octanol–water partition coefficient (Wildman–Crippen LogP) is 2.92. The number of benzene rings is 1. The second-order valence-corrected chi connectivity index (χ2v) is 10.7. The molecule has 8 heteroatoms. The first-order valence-corrected chi connectivity index (χ1v) is 12.0. The van der Waals surface area contributed by atoms with Gasteiger partial charge in [0.2, 0.25) is 10.0 Å². The Hall–Kier alpha value is -2.19. The third-order valence-corrected chi connectivity index (χ3v) is 7.44. The monoisotopic (exact) mass is 432 g/mol. The number of aryl methyl sites for hydroxylation is 1. The lowest BCUT2D eigenvalue weighted by molar-refractivity contribution is 0.0946. The largest absolute Gasteiger partial charge is 0.352 e. The highest BCUT2D eigenvalue weighted by Crippen LogP contribution is 2.27. The normalized spacial score (nSPS) is 21.3. The van der Waals surface area contributed by atoms with Gasteiger partial charge in [0.25, 0.3) is 5.91 Å². The molecule has 0 saturated carbocycles. The minimum Gasteiger partial charge on any atom is -0.352 e. The van der Waals surface area contributed by atoms with E-state index in [-0.39, 0.29) is 16.7 Å². The van der Waals surface area contributed by atoms with Gasteiger partial charge in [-0.2, -0.15) is 4.31 Å². The molecular weight excluding hydrogens is 400 g/mol. The molecule has 1 aliphatic heterocycles. The van der Waals surface area contributed by atoms with Gasteiger partial charge in [-0.1, -0.05) is 26.8 Å². The molecule has 3 atom stereocenters. The summed E-state index contributed by atoms with van der Waals surface area (Å²) in [6, 6.07) is 6.34. The fourth-order valence-corrected chi connectivity index (χ4v) is 5.84. The number of amides is 1. The zero-order valence-corrected chi connectivity index (χ0v) is 19.0. The van der Waals surface area contributed by atoms with Crippen molar-refractivity contribution >= 4 is 15.9 Å². The first-order chi connectivity index (χ1) is 14.2. The zero-order chi connectivity index (χ0) is 21.9. The van der Waals surface area contributed by atoms with Crippen molar-refractivity contribution in [3.8, 4) is 0 Å². The van der Waals surface area contributed by atoms with Crippen molar-refractivity contribution in [1.82, 2.24) is 19.2 Å². The van der Waals surface area contributed by atoms with Gasteiger partial charge in [0.05, 0.1) is 4.90 Å². The molecule has 1 fully saturated rings. The lowest BCUT2D eigenvalue weighted by Crippen LogP contribution is -2.42. The second-order valence-electron chi connectivity index (χ2n) is 8.74. The third-order valence-electron chi connectivity index (χ3n) is 5.61. The number of carbonyl (C=O) groups excluding carboxylic acids is 1. The summed E-state index contributed by atoms with van der Waals surface area (Å²) < 4.78 is 29.8. The average molecular weight is 433 g/mol. The van der Waals surface area contributed by atoms with Crippen LogP contribution < -0.4 is 5.32 Å². The van der Waals surface area contributed by atoms with Crippen LogP contribution in [-0.4, -0.2) is 47.8 Å². The molecule has 2 heterocycles. The van der Waals surface area contributed by atoms with Gasteiger partial charge >= 0.3 is 0 Å². The third kappa shape index (κ3) is 5.29. The van der Waals surface area contributed by atoms with E-state index in [4.69, 9.17) is 0 Å². The number of imidazole rings is 1. The Morgan fingerprint density at radius 3 is 2.60 bits per heavy atom. The minimum absolute atomic E-state index is 0.179. The summed E-state index contributed by atoms with van der Waals surface area (Å²) in [6.45, 7) is 10.5. The van der Waals surface area contributed by atoms with E-state index in [1.165, 1.54) is 6.07 Å². The van der Waals surface area contributed by atoms with Crippen molar-refractivity contribution in [3.05, 3.63) is 48.0 Å². The van der Waals surface area contributed by atoms with Crippen LogP contribution in [0.5, 0.6) is 0 Å². The highest BCUT2D eigenvalue weighted by molar-refractivity contribution is 7.89. The fourth-order valence-electron chi connectivity index (χ4n) is 4.11. The van der Waals surface area contributed by atoms with Gasteiger partial charge in [-0.25, -0.2) is 13.4 Å². The Kier molecular flexibility index (Phi) is 6.98. The molecule has 0 radical (unpaired) electrons. The van der Waals surface area contributed by atoms with E-state index in [0.29, 0.717) is 37.0 Å². The van der Waals surface area contributed by atoms with E-state index in [0.717, 1.165) is 18.8 Å². The number of piperidine rings is 1. The van der Waals surface area contributed by atoms with Crippen molar-refractivity contribution in [2.45, 2.75) is 45.6 Å². The van der Waals surface area contributed by atoms with E-state index in [2.05, 4.69) is 31.1 Å². The molecule has 30 heavy (non-hydrogen) atoms. The fraction of sp³-hybridized carbons (Fsp3) is 0.545. The molecule has 2 aromatic rings. The second kappa shape index (κ2) is 9.31. The van der Waals surface area contributed by atoms with Crippen LogP contribution >= 0.6 is 0 Å². The van der Waals surface area contributed by atoms with Gasteiger partial charge in [-0.15, -0.1) is 0 Å². The SMILES string of the molecule is Cc1nccn1CC(C)CNC(=O)c1cccc(S(=O)(=O)N2CC(C)CC(C)C2)c1.